The van der Waals surface area contributed by atoms with Gasteiger partial charge in [0.2, 0.25) is 0 Å². The zero-order valence-electron chi connectivity index (χ0n) is 13.2. The summed E-state index contributed by atoms with van der Waals surface area (Å²) < 4.78 is 0. The molecular formula is C15H26N4O. The highest BCUT2D eigenvalue weighted by Crippen LogP contribution is 2.19. The van der Waals surface area contributed by atoms with E-state index in [1.165, 1.54) is 0 Å². The Bertz CT molecular complexity index is 525. The number of likely N-dealkylation sites (tertiary alicyclic amines) is 1. The molecule has 0 amide bonds. The molecule has 1 aliphatic heterocycles. The molecule has 2 N–H and O–H groups in total. The Labute approximate surface area is 120 Å². The highest BCUT2D eigenvalue weighted by atomic mass is 16.1. The molecule has 0 saturated carbocycles. The van der Waals surface area contributed by atoms with Crippen molar-refractivity contribution >= 4 is 0 Å². The highest BCUT2D eigenvalue weighted by molar-refractivity contribution is 5.20. The largest absolute Gasteiger partial charge is 0.310 e. The van der Waals surface area contributed by atoms with Crippen LogP contribution in [0.5, 0.6) is 0 Å². The fourth-order valence-electron chi connectivity index (χ4n) is 3.12. The molecule has 1 saturated heterocycles. The number of H-pyrrole nitrogens is 1. The third-order valence-corrected chi connectivity index (χ3v) is 4.39. The fourth-order valence-corrected chi connectivity index (χ4v) is 3.12. The van der Waals surface area contributed by atoms with Gasteiger partial charge in [-0.3, -0.25) is 4.79 Å². The first-order valence-electron chi connectivity index (χ1n) is 7.42. The van der Waals surface area contributed by atoms with E-state index in [-0.39, 0.29) is 11.6 Å². The molecule has 2 rings (SSSR count). The van der Waals surface area contributed by atoms with Crippen LogP contribution >= 0.6 is 0 Å². The average molecular weight is 278 g/mol. The van der Waals surface area contributed by atoms with Gasteiger partial charge in [-0.15, -0.1) is 0 Å². The highest BCUT2D eigenvalue weighted by Gasteiger charge is 2.25. The molecule has 20 heavy (non-hydrogen) atoms. The summed E-state index contributed by atoms with van der Waals surface area (Å²) in [4.78, 5) is 21.7. The first kappa shape index (κ1) is 15.2. The van der Waals surface area contributed by atoms with Gasteiger partial charge in [-0.1, -0.05) is 0 Å². The maximum atomic E-state index is 12.1. The molecule has 112 valence electrons. The Balaban J connectivity index is 2.09. The first-order chi connectivity index (χ1) is 9.38. The maximum absolute atomic E-state index is 12.1. The molecule has 5 nitrogen and oxygen atoms in total. The molecule has 0 aliphatic carbocycles. The molecule has 1 fully saturated rings. The number of piperidine rings is 1. The fraction of sp³-hybridized carbons (Fsp3) is 0.733. The maximum Gasteiger partial charge on any atom is 0.255 e. The van der Waals surface area contributed by atoms with Gasteiger partial charge in [0.15, 0.2) is 0 Å². The average Bonchev–Trinajstić information content (AvgIpc) is 2.32. The van der Waals surface area contributed by atoms with Crippen molar-refractivity contribution < 1.29 is 0 Å². The third kappa shape index (κ3) is 3.27. The Morgan fingerprint density at radius 3 is 2.75 bits per heavy atom. The number of hydrogen-bond donors (Lipinski definition) is 2. The van der Waals surface area contributed by atoms with Crippen molar-refractivity contribution in [1.82, 2.24) is 20.2 Å². The molecule has 0 radical (unpaired) electrons. The van der Waals surface area contributed by atoms with Gasteiger partial charge in [0.1, 0.15) is 5.82 Å². The normalized spacial score (nSPS) is 25.6. The van der Waals surface area contributed by atoms with Crippen LogP contribution in [0.3, 0.4) is 0 Å². The standard InChI is InChI=1S/C15H26N4O/c1-9-8-13(6-7-19(9)5)17-11(3)14-10(2)16-12(4)18-15(14)20/h9,11,13,17H,6-8H2,1-5H3,(H,16,18,20). The van der Waals surface area contributed by atoms with Crippen molar-refractivity contribution in [1.29, 1.82) is 0 Å². The van der Waals surface area contributed by atoms with Crippen LogP contribution in [0.25, 0.3) is 0 Å². The van der Waals surface area contributed by atoms with Crippen LogP contribution < -0.4 is 10.9 Å². The summed E-state index contributed by atoms with van der Waals surface area (Å²) in [5.74, 6) is 0.677. The van der Waals surface area contributed by atoms with Crippen LogP contribution in [0.15, 0.2) is 4.79 Å². The summed E-state index contributed by atoms with van der Waals surface area (Å²) in [5, 5.41) is 3.60. The van der Waals surface area contributed by atoms with E-state index in [0.717, 1.165) is 30.6 Å². The van der Waals surface area contributed by atoms with Crippen LogP contribution in [-0.4, -0.2) is 40.5 Å². The van der Waals surface area contributed by atoms with Gasteiger partial charge in [-0.2, -0.15) is 0 Å². The molecule has 1 aliphatic rings. The Morgan fingerprint density at radius 1 is 1.45 bits per heavy atom. The SMILES string of the molecule is Cc1nc(C)c(C(C)NC2CCN(C)C(C)C2)c(=O)[nH]1. The lowest BCUT2D eigenvalue weighted by Gasteiger charge is -2.36. The van der Waals surface area contributed by atoms with E-state index in [1.807, 2.05) is 13.8 Å². The van der Waals surface area contributed by atoms with Gasteiger partial charge in [0, 0.05) is 23.8 Å². The molecule has 0 spiro atoms. The number of aromatic amines is 1. The Hall–Kier alpha value is -1.20. The molecular weight excluding hydrogens is 252 g/mol. The van der Waals surface area contributed by atoms with Crippen molar-refractivity contribution in [3.8, 4) is 0 Å². The van der Waals surface area contributed by atoms with Crippen molar-refractivity contribution in [2.75, 3.05) is 13.6 Å². The second-order valence-electron chi connectivity index (χ2n) is 6.09. The summed E-state index contributed by atoms with van der Waals surface area (Å²) in [6.45, 7) is 9.14. The molecule has 3 atom stereocenters. The topological polar surface area (TPSA) is 61.0 Å². The smallest absolute Gasteiger partial charge is 0.255 e. The van der Waals surface area contributed by atoms with E-state index in [0.29, 0.717) is 17.9 Å². The van der Waals surface area contributed by atoms with E-state index in [2.05, 4.69) is 41.1 Å². The molecule has 0 aromatic carbocycles. The first-order valence-corrected chi connectivity index (χ1v) is 7.42. The van der Waals surface area contributed by atoms with Crippen LogP contribution in [-0.2, 0) is 0 Å². The van der Waals surface area contributed by atoms with Crippen LogP contribution in [0, 0.1) is 13.8 Å². The minimum absolute atomic E-state index is 0.0176. The zero-order valence-corrected chi connectivity index (χ0v) is 13.2. The predicted octanol–water partition coefficient (Wildman–Crippen LogP) is 1.52. The van der Waals surface area contributed by atoms with E-state index in [4.69, 9.17) is 0 Å². The number of aromatic nitrogens is 2. The molecule has 0 bridgehead atoms. The minimum Gasteiger partial charge on any atom is -0.310 e. The molecule has 1 aromatic rings. The van der Waals surface area contributed by atoms with Gasteiger partial charge in [-0.25, -0.2) is 4.98 Å². The number of hydrogen-bond acceptors (Lipinski definition) is 4. The van der Waals surface area contributed by atoms with Crippen LogP contribution in [0.2, 0.25) is 0 Å². The lowest BCUT2D eigenvalue weighted by Crippen LogP contribution is -2.46. The minimum atomic E-state index is -0.0176. The van der Waals surface area contributed by atoms with E-state index < -0.39 is 0 Å². The monoisotopic (exact) mass is 278 g/mol. The van der Waals surface area contributed by atoms with E-state index in [1.54, 1.807) is 0 Å². The van der Waals surface area contributed by atoms with Crippen molar-refractivity contribution in [2.45, 2.75) is 58.7 Å². The van der Waals surface area contributed by atoms with Gasteiger partial charge in [0.25, 0.3) is 5.56 Å². The number of nitrogens with zero attached hydrogens (tertiary/aromatic N) is 2. The number of aryl methyl sites for hydroxylation is 2. The lowest BCUT2D eigenvalue weighted by atomic mass is 9.97. The summed E-state index contributed by atoms with van der Waals surface area (Å²) in [5.41, 5.74) is 1.57. The Morgan fingerprint density at radius 2 is 2.15 bits per heavy atom. The summed E-state index contributed by atoms with van der Waals surface area (Å²) in [6, 6.07) is 1.09. The zero-order chi connectivity index (χ0) is 14.9. The summed E-state index contributed by atoms with van der Waals surface area (Å²) in [7, 11) is 2.17. The molecule has 2 heterocycles. The summed E-state index contributed by atoms with van der Waals surface area (Å²) in [6.07, 6.45) is 2.25. The van der Waals surface area contributed by atoms with Crippen LogP contribution in [0.1, 0.15) is 49.8 Å². The second-order valence-corrected chi connectivity index (χ2v) is 6.09. The number of rotatable bonds is 3. The van der Waals surface area contributed by atoms with Gasteiger partial charge < -0.3 is 15.2 Å². The summed E-state index contributed by atoms with van der Waals surface area (Å²) >= 11 is 0. The van der Waals surface area contributed by atoms with Crippen molar-refractivity contribution in [3.63, 3.8) is 0 Å². The van der Waals surface area contributed by atoms with Crippen molar-refractivity contribution in [3.05, 3.63) is 27.4 Å². The van der Waals surface area contributed by atoms with E-state index >= 15 is 0 Å². The predicted molar refractivity (Wildman–Crippen MR) is 81.0 cm³/mol. The number of nitrogens with one attached hydrogen (secondary N) is 2. The van der Waals surface area contributed by atoms with Crippen molar-refractivity contribution in [2.24, 2.45) is 0 Å². The third-order valence-electron chi connectivity index (χ3n) is 4.39. The van der Waals surface area contributed by atoms with Gasteiger partial charge in [0.05, 0.1) is 5.56 Å². The Kier molecular flexibility index (Phi) is 4.60. The molecule has 1 aromatic heterocycles. The quantitative estimate of drug-likeness (QED) is 0.880. The van der Waals surface area contributed by atoms with E-state index in [9.17, 15) is 4.79 Å². The second kappa shape index (κ2) is 6.06. The van der Waals surface area contributed by atoms with Crippen LogP contribution in [0.4, 0.5) is 0 Å². The molecule has 3 unspecified atom stereocenters. The molecule has 5 heteroatoms. The van der Waals surface area contributed by atoms with Gasteiger partial charge >= 0.3 is 0 Å². The van der Waals surface area contributed by atoms with Gasteiger partial charge in [-0.05, 0) is 54.1 Å². The lowest BCUT2D eigenvalue weighted by molar-refractivity contribution is 0.163.